The van der Waals surface area contributed by atoms with Crippen molar-refractivity contribution in [1.29, 1.82) is 0 Å². The number of benzene rings is 1. The van der Waals surface area contributed by atoms with Crippen LogP contribution in [-0.2, 0) is 0 Å². The standard InChI is InChI=1S/C11H11ClFN3/c1-6-11(12)7(2)16(15-6)10-5-8(13)3-4-9(10)14/h3-5H,14H2,1-2H3. The number of halogens is 2. The van der Waals surface area contributed by atoms with E-state index in [1.807, 2.05) is 6.92 Å². The molecule has 2 N–H and O–H groups in total. The van der Waals surface area contributed by atoms with Crippen molar-refractivity contribution in [3.8, 4) is 5.69 Å². The van der Waals surface area contributed by atoms with Crippen LogP contribution in [0.25, 0.3) is 5.69 Å². The smallest absolute Gasteiger partial charge is 0.125 e. The Balaban J connectivity index is 2.67. The Morgan fingerprint density at radius 3 is 2.62 bits per heavy atom. The molecule has 16 heavy (non-hydrogen) atoms. The van der Waals surface area contributed by atoms with E-state index in [-0.39, 0.29) is 5.82 Å². The molecule has 0 atom stereocenters. The lowest BCUT2D eigenvalue weighted by Crippen LogP contribution is -2.03. The molecule has 3 nitrogen and oxygen atoms in total. The second-order valence-electron chi connectivity index (χ2n) is 3.60. The number of rotatable bonds is 1. The first-order valence-electron chi connectivity index (χ1n) is 4.78. The van der Waals surface area contributed by atoms with Crippen LogP contribution in [-0.4, -0.2) is 9.78 Å². The molecule has 0 spiro atoms. The van der Waals surface area contributed by atoms with E-state index in [9.17, 15) is 4.39 Å². The van der Waals surface area contributed by atoms with Crippen LogP contribution in [0.4, 0.5) is 10.1 Å². The van der Waals surface area contributed by atoms with E-state index < -0.39 is 0 Å². The van der Waals surface area contributed by atoms with Crippen LogP contribution in [0.1, 0.15) is 11.4 Å². The maximum atomic E-state index is 13.1. The van der Waals surface area contributed by atoms with Crippen molar-refractivity contribution in [2.24, 2.45) is 0 Å². The van der Waals surface area contributed by atoms with Gasteiger partial charge in [0.15, 0.2) is 0 Å². The molecule has 0 amide bonds. The van der Waals surface area contributed by atoms with Crippen molar-refractivity contribution in [2.75, 3.05) is 5.73 Å². The van der Waals surface area contributed by atoms with Crippen LogP contribution in [0.5, 0.6) is 0 Å². The summed E-state index contributed by atoms with van der Waals surface area (Å²) in [4.78, 5) is 0. The highest BCUT2D eigenvalue weighted by Gasteiger charge is 2.13. The number of aromatic nitrogens is 2. The number of hydrogen-bond acceptors (Lipinski definition) is 2. The molecule has 5 heteroatoms. The Kier molecular flexibility index (Phi) is 2.59. The molecule has 0 aliphatic carbocycles. The maximum absolute atomic E-state index is 13.1. The minimum atomic E-state index is -0.354. The second kappa shape index (κ2) is 3.79. The summed E-state index contributed by atoms with van der Waals surface area (Å²) in [5, 5.41) is 4.79. The van der Waals surface area contributed by atoms with Gasteiger partial charge < -0.3 is 5.73 Å². The summed E-state index contributed by atoms with van der Waals surface area (Å²) >= 11 is 6.02. The quantitative estimate of drug-likeness (QED) is 0.778. The summed E-state index contributed by atoms with van der Waals surface area (Å²) in [5.74, 6) is -0.354. The van der Waals surface area contributed by atoms with Gasteiger partial charge in [0.2, 0.25) is 0 Å². The summed E-state index contributed by atoms with van der Waals surface area (Å²) in [6, 6.07) is 4.16. The molecule has 0 saturated heterocycles. The number of anilines is 1. The fraction of sp³-hybridized carbons (Fsp3) is 0.182. The predicted molar refractivity (Wildman–Crippen MR) is 62.4 cm³/mol. The molecule has 0 saturated carbocycles. The minimum absolute atomic E-state index is 0.354. The molecule has 1 aromatic heterocycles. The Morgan fingerprint density at radius 2 is 2.06 bits per heavy atom. The Labute approximate surface area is 97.6 Å². The number of nitrogens with two attached hydrogens (primary N) is 1. The highest BCUT2D eigenvalue weighted by molar-refractivity contribution is 6.31. The first kappa shape index (κ1) is 11.0. The van der Waals surface area contributed by atoms with Gasteiger partial charge >= 0.3 is 0 Å². The first-order chi connectivity index (χ1) is 7.50. The Bertz CT molecular complexity index is 548. The second-order valence-corrected chi connectivity index (χ2v) is 3.98. The number of hydrogen-bond donors (Lipinski definition) is 1. The van der Waals surface area contributed by atoms with E-state index in [0.29, 0.717) is 22.1 Å². The van der Waals surface area contributed by atoms with Gasteiger partial charge in [0.05, 0.1) is 27.8 Å². The zero-order valence-electron chi connectivity index (χ0n) is 8.96. The van der Waals surface area contributed by atoms with E-state index >= 15 is 0 Å². The largest absolute Gasteiger partial charge is 0.397 e. The van der Waals surface area contributed by atoms with Gasteiger partial charge in [-0.05, 0) is 26.0 Å². The van der Waals surface area contributed by atoms with Gasteiger partial charge in [-0.3, -0.25) is 0 Å². The monoisotopic (exact) mass is 239 g/mol. The average Bonchev–Trinajstić information content (AvgIpc) is 2.50. The lowest BCUT2D eigenvalue weighted by Gasteiger charge is -2.07. The predicted octanol–water partition coefficient (Wildman–Crippen LogP) is 2.86. The highest BCUT2D eigenvalue weighted by atomic mass is 35.5. The summed E-state index contributed by atoms with van der Waals surface area (Å²) in [5.41, 5.74) is 8.19. The van der Waals surface area contributed by atoms with Gasteiger partial charge in [-0.15, -0.1) is 0 Å². The van der Waals surface area contributed by atoms with Crippen LogP contribution in [0, 0.1) is 19.7 Å². The van der Waals surface area contributed by atoms with Gasteiger partial charge in [0, 0.05) is 6.07 Å². The molecule has 0 aliphatic rings. The Hall–Kier alpha value is -1.55. The van der Waals surface area contributed by atoms with Crippen LogP contribution in [0.3, 0.4) is 0 Å². The van der Waals surface area contributed by atoms with Crippen molar-refractivity contribution in [1.82, 2.24) is 9.78 Å². The molecule has 1 aromatic carbocycles. The molecular formula is C11H11ClFN3. The zero-order valence-corrected chi connectivity index (χ0v) is 9.72. The third-order valence-corrected chi connectivity index (χ3v) is 2.97. The summed E-state index contributed by atoms with van der Waals surface area (Å²) in [7, 11) is 0. The molecule has 84 valence electrons. The SMILES string of the molecule is Cc1nn(-c2cc(F)ccc2N)c(C)c1Cl. The molecule has 1 heterocycles. The van der Waals surface area contributed by atoms with E-state index in [4.69, 9.17) is 17.3 Å². The maximum Gasteiger partial charge on any atom is 0.125 e. The van der Waals surface area contributed by atoms with Crippen molar-refractivity contribution in [3.63, 3.8) is 0 Å². The van der Waals surface area contributed by atoms with E-state index in [2.05, 4.69) is 5.10 Å². The van der Waals surface area contributed by atoms with Gasteiger partial charge in [-0.25, -0.2) is 9.07 Å². The molecule has 2 aromatic rings. The molecule has 0 unspecified atom stereocenters. The summed E-state index contributed by atoms with van der Waals surface area (Å²) in [6.07, 6.45) is 0. The van der Waals surface area contributed by atoms with Crippen LogP contribution >= 0.6 is 11.6 Å². The van der Waals surface area contributed by atoms with Crippen molar-refractivity contribution in [3.05, 3.63) is 40.4 Å². The molecule has 0 radical (unpaired) electrons. The van der Waals surface area contributed by atoms with Crippen LogP contribution in [0.2, 0.25) is 5.02 Å². The summed E-state index contributed by atoms with van der Waals surface area (Å²) in [6.45, 7) is 3.61. The van der Waals surface area contributed by atoms with Crippen molar-refractivity contribution >= 4 is 17.3 Å². The number of nitrogen functional groups attached to an aromatic ring is 1. The minimum Gasteiger partial charge on any atom is -0.397 e. The van der Waals surface area contributed by atoms with Crippen LogP contribution in [0.15, 0.2) is 18.2 Å². The fourth-order valence-corrected chi connectivity index (χ4v) is 1.68. The number of aryl methyl sites for hydroxylation is 1. The van der Waals surface area contributed by atoms with Gasteiger partial charge in [-0.2, -0.15) is 5.10 Å². The lowest BCUT2D eigenvalue weighted by atomic mass is 10.2. The normalized spacial score (nSPS) is 10.8. The lowest BCUT2D eigenvalue weighted by molar-refractivity contribution is 0.625. The highest BCUT2D eigenvalue weighted by Crippen LogP contribution is 2.25. The zero-order chi connectivity index (χ0) is 11.9. The Morgan fingerprint density at radius 1 is 1.38 bits per heavy atom. The molecule has 0 fully saturated rings. The third kappa shape index (κ3) is 1.65. The van der Waals surface area contributed by atoms with E-state index in [1.54, 1.807) is 11.6 Å². The van der Waals surface area contributed by atoms with Gasteiger partial charge in [0.1, 0.15) is 5.82 Å². The number of nitrogens with zero attached hydrogens (tertiary/aromatic N) is 2. The van der Waals surface area contributed by atoms with E-state index in [1.165, 1.54) is 18.2 Å². The van der Waals surface area contributed by atoms with Crippen molar-refractivity contribution < 1.29 is 4.39 Å². The van der Waals surface area contributed by atoms with Crippen molar-refractivity contribution in [2.45, 2.75) is 13.8 Å². The third-order valence-electron chi connectivity index (χ3n) is 2.42. The van der Waals surface area contributed by atoms with Gasteiger partial charge in [0.25, 0.3) is 0 Å². The molecular weight excluding hydrogens is 229 g/mol. The molecule has 2 rings (SSSR count). The topological polar surface area (TPSA) is 43.8 Å². The van der Waals surface area contributed by atoms with Crippen LogP contribution < -0.4 is 5.73 Å². The molecule has 0 bridgehead atoms. The van der Waals surface area contributed by atoms with Gasteiger partial charge in [-0.1, -0.05) is 11.6 Å². The molecule has 0 aliphatic heterocycles. The average molecular weight is 240 g/mol. The fourth-order valence-electron chi connectivity index (χ4n) is 1.56. The summed E-state index contributed by atoms with van der Waals surface area (Å²) < 4.78 is 14.7. The van der Waals surface area contributed by atoms with E-state index in [0.717, 1.165) is 5.69 Å². The first-order valence-corrected chi connectivity index (χ1v) is 5.15.